The van der Waals surface area contributed by atoms with Gasteiger partial charge in [-0.1, -0.05) is 54.6 Å². The maximum Gasteiger partial charge on any atom is 0.118 e. The summed E-state index contributed by atoms with van der Waals surface area (Å²) in [4.78, 5) is 2.26. The number of methoxy groups -OCH3 is 2. The highest BCUT2D eigenvalue weighted by molar-refractivity contribution is 5.85. The highest BCUT2D eigenvalue weighted by Gasteiger charge is 2.30. The quantitative estimate of drug-likeness (QED) is 0.454. The minimum Gasteiger partial charge on any atom is -0.497 e. The van der Waals surface area contributed by atoms with Gasteiger partial charge in [0.1, 0.15) is 5.75 Å². The Morgan fingerprint density at radius 3 is 1.90 bits per heavy atom. The summed E-state index contributed by atoms with van der Waals surface area (Å²) in [7, 11) is 7.82. The van der Waals surface area contributed by atoms with Crippen LogP contribution in [-0.4, -0.2) is 39.8 Å². The first kappa shape index (κ1) is 23.3. The van der Waals surface area contributed by atoms with Gasteiger partial charge in [-0.2, -0.15) is 0 Å². The normalized spacial score (nSPS) is 17.7. The largest absolute Gasteiger partial charge is 0.497 e. The van der Waals surface area contributed by atoms with Crippen LogP contribution in [0.1, 0.15) is 23.7 Å². The van der Waals surface area contributed by atoms with Crippen molar-refractivity contribution < 1.29 is 9.47 Å². The Morgan fingerprint density at radius 1 is 0.806 bits per heavy atom. The Morgan fingerprint density at radius 2 is 1.35 bits per heavy atom. The molecule has 0 heterocycles. The van der Waals surface area contributed by atoms with E-state index in [0.29, 0.717) is 5.92 Å². The van der Waals surface area contributed by atoms with Crippen LogP contribution in [0.25, 0.3) is 22.3 Å². The number of ether oxygens (including phenoxy) is 2. The molecule has 1 aliphatic rings. The molecule has 0 saturated carbocycles. The fourth-order valence-corrected chi connectivity index (χ4v) is 4.64. The van der Waals surface area contributed by atoms with Gasteiger partial charge in [-0.25, -0.2) is 0 Å². The third kappa shape index (κ3) is 5.12. The highest BCUT2D eigenvalue weighted by atomic mass is 35.5. The van der Waals surface area contributed by atoms with Crippen LogP contribution in [0.4, 0.5) is 0 Å². The first-order valence-electron chi connectivity index (χ1n) is 10.6. The number of hydrogen-bond acceptors (Lipinski definition) is 3. The van der Waals surface area contributed by atoms with E-state index in [2.05, 4.69) is 73.6 Å². The maximum absolute atomic E-state index is 5.92. The first-order valence-corrected chi connectivity index (χ1v) is 10.6. The maximum atomic E-state index is 5.92. The lowest BCUT2D eigenvalue weighted by Crippen LogP contribution is -2.31. The van der Waals surface area contributed by atoms with E-state index in [1.54, 1.807) is 7.11 Å². The molecule has 0 amide bonds. The van der Waals surface area contributed by atoms with Gasteiger partial charge in [0.2, 0.25) is 0 Å². The van der Waals surface area contributed by atoms with E-state index in [1.165, 1.54) is 39.8 Å². The number of hydrogen-bond donors (Lipinski definition) is 0. The fourth-order valence-electron chi connectivity index (χ4n) is 4.64. The van der Waals surface area contributed by atoms with Gasteiger partial charge < -0.3 is 14.4 Å². The van der Waals surface area contributed by atoms with Crippen molar-refractivity contribution in [2.45, 2.75) is 18.9 Å². The van der Waals surface area contributed by atoms with Gasteiger partial charge in [0.05, 0.1) is 13.2 Å². The summed E-state index contributed by atoms with van der Waals surface area (Å²) in [6, 6.07) is 23.9. The van der Waals surface area contributed by atoms with Gasteiger partial charge in [-0.05, 0) is 72.5 Å². The van der Waals surface area contributed by atoms with Crippen LogP contribution in [-0.2, 0) is 11.2 Å². The highest BCUT2D eigenvalue weighted by Crippen LogP contribution is 2.39. The molecule has 0 spiro atoms. The van der Waals surface area contributed by atoms with Gasteiger partial charge in [-0.3, -0.25) is 0 Å². The van der Waals surface area contributed by atoms with Crippen molar-refractivity contribution in [3.05, 3.63) is 77.9 Å². The van der Waals surface area contributed by atoms with Crippen LogP contribution < -0.4 is 4.74 Å². The predicted octanol–water partition coefficient (Wildman–Crippen LogP) is 6.26. The average molecular weight is 438 g/mol. The Labute approximate surface area is 192 Å². The minimum absolute atomic E-state index is 0. The molecule has 0 N–H and O–H groups in total. The Bertz CT molecular complexity index is 983. The molecular weight excluding hydrogens is 406 g/mol. The fraction of sp³-hybridized carbons (Fsp3) is 0.333. The second kappa shape index (κ2) is 10.3. The van der Waals surface area contributed by atoms with Crippen LogP contribution in [0.15, 0.2) is 66.7 Å². The molecule has 2 atom stereocenters. The van der Waals surface area contributed by atoms with Crippen LogP contribution in [0, 0.1) is 5.92 Å². The van der Waals surface area contributed by atoms with E-state index in [9.17, 15) is 0 Å². The number of aryl methyl sites for hydroxylation is 1. The van der Waals surface area contributed by atoms with Crippen molar-refractivity contribution in [1.82, 2.24) is 4.90 Å². The van der Waals surface area contributed by atoms with E-state index in [4.69, 9.17) is 9.47 Å². The number of nitrogens with zero attached hydrogens (tertiary/aromatic N) is 1. The smallest absolute Gasteiger partial charge is 0.118 e. The van der Waals surface area contributed by atoms with Crippen molar-refractivity contribution in [2.75, 3.05) is 34.9 Å². The van der Waals surface area contributed by atoms with E-state index in [-0.39, 0.29) is 18.5 Å². The first-order chi connectivity index (χ1) is 14.6. The van der Waals surface area contributed by atoms with Crippen molar-refractivity contribution >= 4 is 12.4 Å². The van der Waals surface area contributed by atoms with Crippen LogP contribution in [0.2, 0.25) is 0 Å². The molecule has 0 saturated heterocycles. The zero-order valence-electron chi connectivity index (χ0n) is 18.8. The Kier molecular flexibility index (Phi) is 7.77. The van der Waals surface area contributed by atoms with Crippen molar-refractivity contribution in [1.29, 1.82) is 0 Å². The second-order valence-electron chi connectivity index (χ2n) is 8.44. The SMILES string of the molecule is COc1ccc(-c2ccc(-c3ccc4c(c3)CCC(CN(C)C)C4OC)cc2)cc1.Cl. The molecule has 2 unspecified atom stereocenters. The molecule has 164 valence electrons. The second-order valence-corrected chi connectivity index (χ2v) is 8.44. The molecule has 0 radical (unpaired) electrons. The van der Waals surface area contributed by atoms with Gasteiger partial charge in [0.25, 0.3) is 0 Å². The zero-order chi connectivity index (χ0) is 21.1. The molecule has 3 aromatic rings. The summed E-state index contributed by atoms with van der Waals surface area (Å²) >= 11 is 0. The number of fused-ring (bicyclic) bond motifs is 1. The molecule has 3 nitrogen and oxygen atoms in total. The number of rotatable bonds is 6. The standard InChI is InChI=1S/C27H31NO2.ClH/c1-28(2)18-24-10-9-23-17-22(13-16-26(23)27(24)30-4)21-7-5-19(6-8-21)20-11-14-25(29-3)15-12-20;/h5-8,11-17,24,27H,9-10,18H2,1-4H3;1H. The van der Waals surface area contributed by atoms with Crippen LogP contribution in [0.3, 0.4) is 0 Å². The van der Waals surface area contributed by atoms with Crippen LogP contribution in [0.5, 0.6) is 5.75 Å². The number of benzene rings is 3. The summed E-state index contributed by atoms with van der Waals surface area (Å²) in [5.41, 5.74) is 7.71. The molecular formula is C27H32ClNO2. The molecule has 31 heavy (non-hydrogen) atoms. The molecule has 0 bridgehead atoms. The topological polar surface area (TPSA) is 21.7 Å². The monoisotopic (exact) mass is 437 g/mol. The lowest BCUT2D eigenvalue weighted by molar-refractivity contribution is 0.0299. The lowest BCUT2D eigenvalue weighted by Gasteiger charge is -2.34. The van der Waals surface area contributed by atoms with Gasteiger partial charge in [0.15, 0.2) is 0 Å². The third-order valence-electron chi connectivity index (χ3n) is 6.16. The lowest BCUT2D eigenvalue weighted by atomic mass is 9.80. The predicted molar refractivity (Wildman–Crippen MR) is 131 cm³/mol. The molecule has 0 fully saturated rings. The molecule has 4 rings (SSSR count). The van der Waals surface area contributed by atoms with Crippen molar-refractivity contribution in [3.63, 3.8) is 0 Å². The molecule has 0 aliphatic heterocycles. The molecule has 4 heteroatoms. The molecule has 3 aromatic carbocycles. The van der Waals surface area contributed by atoms with Gasteiger partial charge in [0, 0.05) is 19.6 Å². The van der Waals surface area contributed by atoms with Crippen molar-refractivity contribution in [2.24, 2.45) is 5.92 Å². The molecule has 1 aliphatic carbocycles. The van der Waals surface area contributed by atoms with Crippen molar-refractivity contribution in [3.8, 4) is 28.0 Å². The van der Waals surface area contributed by atoms with Crippen LogP contribution >= 0.6 is 12.4 Å². The summed E-state index contributed by atoms with van der Waals surface area (Å²) in [6.07, 6.45) is 2.47. The number of halogens is 1. The van der Waals surface area contributed by atoms with E-state index < -0.39 is 0 Å². The summed E-state index contributed by atoms with van der Waals surface area (Å²) < 4.78 is 11.2. The van der Waals surface area contributed by atoms with E-state index in [1.807, 2.05) is 19.2 Å². The summed E-state index contributed by atoms with van der Waals surface area (Å²) in [6.45, 7) is 1.06. The zero-order valence-corrected chi connectivity index (χ0v) is 19.6. The van der Waals surface area contributed by atoms with E-state index in [0.717, 1.165) is 18.7 Å². The summed E-state index contributed by atoms with van der Waals surface area (Å²) in [5, 5.41) is 0. The minimum atomic E-state index is 0. The molecule has 0 aromatic heterocycles. The Balaban J connectivity index is 0.00000272. The Hall–Kier alpha value is -2.33. The van der Waals surface area contributed by atoms with E-state index >= 15 is 0 Å². The van der Waals surface area contributed by atoms with Gasteiger partial charge >= 0.3 is 0 Å². The average Bonchev–Trinajstić information content (AvgIpc) is 2.78. The van der Waals surface area contributed by atoms with Gasteiger partial charge in [-0.15, -0.1) is 12.4 Å². The summed E-state index contributed by atoms with van der Waals surface area (Å²) in [5.74, 6) is 1.43. The third-order valence-corrected chi connectivity index (χ3v) is 6.16.